The molecule has 0 saturated heterocycles. The Labute approximate surface area is 158 Å². The van der Waals surface area contributed by atoms with E-state index in [9.17, 15) is 4.79 Å². The summed E-state index contributed by atoms with van der Waals surface area (Å²) in [5.41, 5.74) is 2.75. The van der Waals surface area contributed by atoms with Gasteiger partial charge < -0.3 is 5.32 Å². The van der Waals surface area contributed by atoms with Gasteiger partial charge in [0, 0.05) is 18.0 Å². The van der Waals surface area contributed by atoms with E-state index < -0.39 is 0 Å². The summed E-state index contributed by atoms with van der Waals surface area (Å²) in [6, 6.07) is 24.3. The standard InChI is InChI=1S/C24H20N2O/c27-23(26-22-15-6-12-20-13-7-17-25-24(20)22)16-4-2-9-19-11-5-10-18-8-1-3-14-21(18)19/h1-3,5-15,17H,4,16H2,(H,26,27)/b9-2-. The van der Waals surface area contributed by atoms with Gasteiger partial charge in [0.2, 0.25) is 5.91 Å². The molecule has 0 radical (unpaired) electrons. The second-order valence-corrected chi connectivity index (χ2v) is 6.44. The first-order valence-electron chi connectivity index (χ1n) is 9.09. The van der Waals surface area contributed by atoms with E-state index >= 15 is 0 Å². The molecule has 1 heterocycles. The van der Waals surface area contributed by atoms with Gasteiger partial charge in [-0.3, -0.25) is 9.78 Å². The summed E-state index contributed by atoms with van der Waals surface area (Å²) < 4.78 is 0. The number of benzene rings is 3. The second-order valence-electron chi connectivity index (χ2n) is 6.44. The molecule has 0 spiro atoms. The van der Waals surface area contributed by atoms with Gasteiger partial charge in [0.25, 0.3) is 0 Å². The number of amides is 1. The third-order valence-electron chi connectivity index (χ3n) is 4.57. The Bertz CT molecular complexity index is 1120. The van der Waals surface area contributed by atoms with Crippen LogP contribution in [0.2, 0.25) is 0 Å². The Morgan fingerprint density at radius 3 is 2.63 bits per heavy atom. The maximum absolute atomic E-state index is 12.3. The van der Waals surface area contributed by atoms with Crippen LogP contribution in [0.3, 0.4) is 0 Å². The molecule has 0 unspecified atom stereocenters. The zero-order valence-electron chi connectivity index (χ0n) is 14.9. The van der Waals surface area contributed by atoms with Gasteiger partial charge >= 0.3 is 0 Å². The number of nitrogens with zero attached hydrogens (tertiary/aromatic N) is 1. The number of carbonyl (C=O) groups excluding carboxylic acids is 1. The third-order valence-corrected chi connectivity index (χ3v) is 4.57. The number of hydrogen-bond acceptors (Lipinski definition) is 2. The molecule has 0 aliphatic heterocycles. The molecule has 3 nitrogen and oxygen atoms in total. The predicted molar refractivity (Wildman–Crippen MR) is 113 cm³/mol. The van der Waals surface area contributed by atoms with Crippen molar-refractivity contribution in [2.24, 2.45) is 0 Å². The molecule has 4 aromatic rings. The van der Waals surface area contributed by atoms with E-state index in [1.807, 2.05) is 42.5 Å². The number of fused-ring (bicyclic) bond motifs is 2. The van der Waals surface area contributed by atoms with Crippen LogP contribution in [-0.2, 0) is 4.79 Å². The highest BCUT2D eigenvalue weighted by atomic mass is 16.1. The Kier molecular flexibility index (Phi) is 4.93. The van der Waals surface area contributed by atoms with Crippen LogP contribution in [-0.4, -0.2) is 10.9 Å². The van der Waals surface area contributed by atoms with Crippen molar-refractivity contribution in [2.75, 3.05) is 5.32 Å². The van der Waals surface area contributed by atoms with Crippen molar-refractivity contribution in [3.05, 3.63) is 90.6 Å². The molecule has 0 fully saturated rings. The molecule has 27 heavy (non-hydrogen) atoms. The number of hydrogen-bond donors (Lipinski definition) is 1. The lowest BCUT2D eigenvalue weighted by molar-refractivity contribution is -0.116. The lowest BCUT2D eigenvalue weighted by Crippen LogP contribution is -2.11. The number of para-hydroxylation sites is 1. The summed E-state index contributed by atoms with van der Waals surface area (Å²) in [6.45, 7) is 0. The van der Waals surface area contributed by atoms with E-state index in [0.717, 1.165) is 16.6 Å². The predicted octanol–water partition coefficient (Wildman–Crippen LogP) is 5.82. The second kappa shape index (κ2) is 7.83. The highest BCUT2D eigenvalue weighted by Gasteiger charge is 2.05. The van der Waals surface area contributed by atoms with E-state index in [1.54, 1.807) is 6.20 Å². The summed E-state index contributed by atoms with van der Waals surface area (Å²) in [4.78, 5) is 16.7. The Morgan fingerprint density at radius 1 is 0.889 bits per heavy atom. The summed E-state index contributed by atoms with van der Waals surface area (Å²) in [6.07, 6.45) is 7.01. The summed E-state index contributed by atoms with van der Waals surface area (Å²) >= 11 is 0. The van der Waals surface area contributed by atoms with Gasteiger partial charge in [-0.15, -0.1) is 0 Å². The van der Waals surface area contributed by atoms with Crippen molar-refractivity contribution in [1.82, 2.24) is 4.98 Å². The van der Waals surface area contributed by atoms with Crippen LogP contribution in [0.5, 0.6) is 0 Å². The quantitative estimate of drug-likeness (QED) is 0.492. The molecule has 132 valence electrons. The van der Waals surface area contributed by atoms with Crippen LogP contribution in [0.15, 0.2) is 85.1 Å². The molecule has 0 bridgehead atoms. The lowest BCUT2D eigenvalue weighted by Gasteiger charge is -2.07. The van der Waals surface area contributed by atoms with Crippen molar-refractivity contribution in [3.8, 4) is 0 Å². The lowest BCUT2D eigenvalue weighted by atomic mass is 10.0. The van der Waals surface area contributed by atoms with E-state index in [4.69, 9.17) is 0 Å². The summed E-state index contributed by atoms with van der Waals surface area (Å²) in [5, 5.41) is 6.45. The van der Waals surface area contributed by atoms with Gasteiger partial charge in [-0.2, -0.15) is 0 Å². The van der Waals surface area contributed by atoms with Gasteiger partial charge in [0.15, 0.2) is 0 Å². The van der Waals surface area contributed by atoms with Crippen molar-refractivity contribution in [3.63, 3.8) is 0 Å². The average molecular weight is 352 g/mol. The molecule has 0 aliphatic carbocycles. The molecule has 0 saturated carbocycles. The fourth-order valence-corrected chi connectivity index (χ4v) is 3.24. The minimum absolute atomic E-state index is 0.00396. The van der Waals surface area contributed by atoms with E-state index in [2.05, 4.69) is 52.8 Å². The minimum atomic E-state index is -0.00396. The zero-order chi connectivity index (χ0) is 18.5. The minimum Gasteiger partial charge on any atom is -0.324 e. The highest BCUT2D eigenvalue weighted by Crippen LogP contribution is 2.22. The van der Waals surface area contributed by atoms with Gasteiger partial charge in [-0.1, -0.05) is 72.8 Å². The summed E-state index contributed by atoms with van der Waals surface area (Å²) in [7, 11) is 0. The van der Waals surface area contributed by atoms with Crippen LogP contribution in [0.4, 0.5) is 5.69 Å². The fourth-order valence-electron chi connectivity index (χ4n) is 3.24. The van der Waals surface area contributed by atoms with Gasteiger partial charge in [0.05, 0.1) is 11.2 Å². The first kappa shape index (κ1) is 17.0. The van der Waals surface area contributed by atoms with Gasteiger partial charge in [-0.05, 0) is 34.9 Å². The Balaban J connectivity index is 1.40. The molecule has 1 aromatic heterocycles. The largest absolute Gasteiger partial charge is 0.324 e. The number of allylic oxidation sites excluding steroid dienone is 1. The Hall–Kier alpha value is -3.46. The molecule has 4 rings (SSSR count). The van der Waals surface area contributed by atoms with Gasteiger partial charge in [-0.25, -0.2) is 0 Å². The number of carbonyl (C=O) groups is 1. The van der Waals surface area contributed by atoms with Crippen LogP contribution < -0.4 is 5.32 Å². The molecule has 3 aromatic carbocycles. The first-order chi connectivity index (χ1) is 13.3. The van der Waals surface area contributed by atoms with Crippen molar-refractivity contribution >= 4 is 39.3 Å². The number of rotatable bonds is 5. The monoisotopic (exact) mass is 352 g/mol. The maximum Gasteiger partial charge on any atom is 0.224 e. The Morgan fingerprint density at radius 2 is 1.67 bits per heavy atom. The maximum atomic E-state index is 12.3. The van der Waals surface area contributed by atoms with Crippen molar-refractivity contribution in [1.29, 1.82) is 0 Å². The topological polar surface area (TPSA) is 42.0 Å². The van der Waals surface area contributed by atoms with Crippen LogP contribution in [0.25, 0.3) is 27.8 Å². The molecule has 1 N–H and O–H groups in total. The zero-order valence-corrected chi connectivity index (χ0v) is 14.9. The van der Waals surface area contributed by atoms with Crippen LogP contribution in [0.1, 0.15) is 18.4 Å². The first-order valence-corrected chi connectivity index (χ1v) is 9.09. The van der Waals surface area contributed by atoms with Crippen LogP contribution in [0, 0.1) is 0 Å². The van der Waals surface area contributed by atoms with Crippen molar-refractivity contribution in [2.45, 2.75) is 12.8 Å². The van der Waals surface area contributed by atoms with E-state index in [-0.39, 0.29) is 5.91 Å². The normalized spacial score (nSPS) is 11.3. The molecule has 0 aliphatic rings. The fraction of sp³-hybridized carbons (Fsp3) is 0.0833. The third kappa shape index (κ3) is 3.87. The SMILES string of the molecule is O=C(CC/C=C\c1cccc2ccccc12)Nc1cccc2cccnc12. The number of aromatic nitrogens is 1. The summed E-state index contributed by atoms with van der Waals surface area (Å²) in [5.74, 6) is -0.00396. The molecule has 1 amide bonds. The molecular formula is C24H20N2O. The van der Waals surface area contributed by atoms with E-state index in [1.165, 1.54) is 16.3 Å². The van der Waals surface area contributed by atoms with Gasteiger partial charge in [0.1, 0.15) is 0 Å². The molecule has 0 atom stereocenters. The molecular weight excluding hydrogens is 332 g/mol. The number of nitrogens with one attached hydrogen (secondary N) is 1. The van der Waals surface area contributed by atoms with Crippen LogP contribution >= 0.6 is 0 Å². The highest BCUT2D eigenvalue weighted by molar-refractivity contribution is 6.00. The molecule has 3 heteroatoms. The average Bonchev–Trinajstić information content (AvgIpc) is 2.71. The number of anilines is 1. The van der Waals surface area contributed by atoms with Crippen molar-refractivity contribution < 1.29 is 4.79 Å². The van der Waals surface area contributed by atoms with E-state index in [0.29, 0.717) is 12.8 Å². The smallest absolute Gasteiger partial charge is 0.224 e. The number of pyridine rings is 1.